The molecule has 4 nitrogen and oxygen atoms in total. The summed E-state index contributed by atoms with van der Waals surface area (Å²) in [5.74, 6) is -0.255. The first-order valence-corrected chi connectivity index (χ1v) is 6.20. The quantitative estimate of drug-likeness (QED) is 0.655. The van der Waals surface area contributed by atoms with E-state index < -0.39 is 11.7 Å². The molecule has 1 atom stereocenters. The summed E-state index contributed by atoms with van der Waals surface area (Å²) < 4.78 is 39.1. The van der Waals surface area contributed by atoms with Gasteiger partial charge in [0.25, 0.3) is 0 Å². The number of hydrogen-bond acceptors (Lipinski definition) is 3. The number of nitrogens with one attached hydrogen (secondary N) is 1. The van der Waals surface area contributed by atoms with Crippen molar-refractivity contribution in [3.63, 3.8) is 0 Å². The molecule has 0 aliphatic rings. The minimum absolute atomic E-state index is 0.0787. The van der Waals surface area contributed by atoms with Crippen LogP contribution >= 0.6 is 15.9 Å². The molecular formula is C11H14BrF3N4. The number of halogens is 4. The topological polar surface area (TPSA) is 66.0 Å². The second kappa shape index (κ2) is 5.77. The van der Waals surface area contributed by atoms with Crippen molar-refractivity contribution in [2.75, 3.05) is 11.9 Å². The number of amidine groups is 1. The van der Waals surface area contributed by atoms with Crippen molar-refractivity contribution in [3.05, 3.63) is 22.3 Å². The third kappa shape index (κ3) is 4.09. The maximum Gasteiger partial charge on any atom is 0.419 e. The predicted molar refractivity (Wildman–Crippen MR) is 71.3 cm³/mol. The molecule has 8 heteroatoms. The van der Waals surface area contributed by atoms with E-state index in [9.17, 15) is 13.2 Å². The zero-order chi connectivity index (χ0) is 14.8. The van der Waals surface area contributed by atoms with Crippen molar-refractivity contribution in [1.82, 2.24) is 4.98 Å². The lowest BCUT2D eigenvalue weighted by Gasteiger charge is -2.28. The van der Waals surface area contributed by atoms with E-state index in [1.165, 1.54) is 18.1 Å². The summed E-state index contributed by atoms with van der Waals surface area (Å²) in [7, 11) is 1.50. The fraction of sp³-hybridized carbons (Fsp3) is 0.455. The molecule has 0 amide bonds. The standard InChI is InChI=1S/C11H14BrF3N4/c1-6(3-9(16)17)19(2)10-8(11(13,14)15)4-7(12)5-18-10/h4-6H,3H2,1-2H3,(H3,16,17). The molecule has 0 saturated heterocycles. The zero-order valence-electron chi connectivity index (χ0n) is 10.4. The molecule has 0 radical (unpaired) electrons. The lowest BCUT2D eigenvalue weighted by Crippen LogP contribution is -2.34. The maximum absolute atomic E-state index is 13.0. The van der Waals surface area contributed by atoms with Gasteiger partial charge in [0.05, 0.1) is 11.4 Å². The van der Waals surface area contributed by atoms with E-state index in [-0.39, 0.29) is 28.6 Å². The first-order chi connectivity index (χ1) is 8.62. The number of alkyl halides is 3. The molecule has 19 heavy (non-hydrogen) atoms. The van der Waals surface area contributed by atoms with Crippen LogP contribution in [-0.2, 0) is 6.18 Å². The van der Waals surface area contributed by atoms with Crippen LogP contribution in [0.25, 0.3) is 0 Å². The smallest absolute Gasteiger partial charge is 0.388 e. The maximum atomic E-state index is 13.0. The molecule has 0 fully saturated rings. The van der Waals surface area contributed by atoms with Crippen LogP contribution in [0.15, 0.2) is 16.7 Å². The van der Waals surface area contributed by atoms with Crippen molar-refractivity contribution in [2.45, 2.75) is 25.6 Å². The van der Waals surface area contributed by atoms with Crippen molar-refractivity contribution in [3.8, 4) is 0 Å². The zero-order valence-corrected chi connectivity index (χ0v) is 12.0. The van der Waals surface area contributed by atoms with E-state index in [1.54, 1.807) is 6.92 Å². The third-order valence-electron chi connectivity index (χ3n) is 2.65. The van der Waals surface area contributed by atoms with Crippen molar-refractivity contribution in [2.24, 2.45) is 5.73 Å². The number of aromatic nitrogens is 1. The van der Waals surface area contributed by atoms with Gasteiger partial charge in [0.2, 0.25) is 0 Å². The van der Waals surface area contributed by atoms with Crippen molar-refractivity contribution in [1.29, 1.82) is 5.41 Å². The molecular weight excluding hydrogens is 325 g/mol. The third-order valence-corrected chi connectivity index (χ3v) is 3.08. The number of nitrogens with zero attached hydrogens (tertiary/aromatic N) is 2. The van der Waals surface area contributed by atoms with Crippen molar-refractivity contribution >= 4 is 27.6 Å². The van der Waals surface area contributed by atoms with Crippen LogP contribution < -0.4 is 10.6 Å². The molecule has 3 N–H and O–H groups in total. The van der Waals surface area contributed by atoms with Crippen LogP contribution in [0.1, 0.15) is 18.9 Å². The second-order valence-corrected chi connectivity index (χ2v) is 5.13. The molecule has 0 bridgehead atoms. The van der Waals surface area contributed by atoms with Crippen LogP contribution in [0.4, 0.5) is 19.0 Å². The van der Waals surface area contributed by atoms with Crippen LogP contribution in [0, 0.1) is 5.41 Å². The Kier molecular flexibility index (Phi) is 4.78. The summed E-state index contributed by atoms with van der Waals surface area (Å²) in [5, 5.41) is 7.19. The fourth-order valence-electron chi connectivity index (χ4n) is 1.59. The minimum atomic E-state index is -4.49. The Hall–Kier alpha value is -1.31. The number of hydrogen-bond donors (Lipinski definition) is 2. The lowest BCUT2D eigenvalue weighted by molar-refractivity contribution is -0.137. The van der Waals surface area contributed by atoms with Gasteiger partial charge in [-0.3, -0.25) is 5.41 Å². The van der Waals surface area contributed by atoms with E-state index in [0.29, 0.717) is 0 Å². The fourth-order valence-corrected chi connectivity index (χ4v) is 1.92. The van der Waals surface area contributed by atoms with Gasteiger partial charge in [0.15, 0.2) is 0 Å². The normalized spacial score (nSPS) is 13.2. The first-order valence-electron chi connectivity index (χ1n) is 5.41. The Morgan fingerprint density at radius 2 is 2.16 bits per heavy atom. The Labute approximate surface area is 117 Å². The summed E-state index contributed by atoms with van der Waals surface area (Å²) in [4.78, 5) is 5.19. The Morgan fingerprint density at radius 1 is 1.58 bits per heavy atom. The summed E-state index contributed by atoms with van der Waals surface area (Å²) in [6.45, 7) is 1.69. The van der Waals surface area contributed by atoms with Crippen LogP contribution in [0.2, 0.25) is 0 Å². The Morgan fingerprint density at radius 3 is 2.63 bits per heavy atom. The molecule has 0 aliphatic carbocycles. The molecule has 1 unspecified atom stereocenters. The van der Waals surface area contributed by atoms with Gasteiger partial charge in [-0.2, -0.15) is 13.2 Å². The van der Waals surface area contributed by atoms with Crippen LogP contribution in [-0.4, -0.2) is 23.9 Å². The van der Waals surface area contributed by atoms with Gasteiger partial charge in [-0.1, -0.05) is 0 Å². The molecule has 1 aromatic heterocycles. The van der Waals surface area contributed by atoms with Crippen LogP contribution in [0.3, 0.4) is 0 Å². The molecule has 0 spiro atoms. The minimum Gasteiger partial charge on any atom is -0.388 e. The lowest BCUT2D eigenvalue weighted by atomic mass is 10.1. The highest BCUT2D eigenvalue weighted by Crippen LogP contribution is 2.37. The monoisotopic (exact) mass is 338 g/mol. The molecule has 0 saturated carbocycles. The molecule has 1 heterocycles. The average molecular weight is 339 g/mol. The van der Waals surface area contributed by atoms with E-state index in [1.807, 2.05) is 0 Å². The highest BCUT2D eigenvalue weighted by molar-refractivity contribution is 9.10. The summed E-state index contributed by atoms with van der Waals surface area (Å²) in [6, 6.07) is 0.631. The highest BCUT2D eigenvalue weighted by Gasteiger charge is 2.36. The summed E-state index contributed by atoms with van der Waals surface area (Å²) in [6.07, 6.45) is -3.01. The van der Waals surface area contributed by atoms with Gasteiger partial charge in [0.1, 0.15) is 5.82 Å². The highest BCUT2D eigenvalue weighted by atomic mass is 79.9. The van der Waals surface area contributed by atoms with Gasteiger partial charge in [-0.15, -0.1) is 0 Å². The van der Waals surface area contributed by atoms with Gasteiger partial charge in [-0.25, -0.2) is 4.98 Å². The molecule has 106 valence electrons. The van der Waals surface area contributed by atoms with E-state index in [0.717, 1.165) is 6.07 Å². The second-order valence-electron chi connectivity index (χ2n) is 4.21. The van der Waals surface area contributed by atoms with E-state index in [2.05, 4.69) is 20.9 Å². The van der Waals surface area contributed by atoms with Gasteiger partial charge in [0, 0.05) is 30.2 Å². The number of anilines is 1. The van der Waals surface area contributed by atoms with E-state index >= 15 is 0 Å². The summed E-state index contributed by atoms with van der Waals surface area (Å²) >= 11 is 2.98. The largest absolute Gasteiger partial charge is 0.419 e. The molecule has 0 aromatic carbocycles. The number of nitrogens with two attached hydrogens (primary N) is 1. The molecule has 1 aromatic rings. The van der Waals surface area contributed by atoms with Gasteiger partial charge < -0.3 is 10.6 Å². The molecule has 0 aliphatic heterocycles. The number of rotatable bonds is 4. The van der Waals surface area contributed by atoms with Crippen molar-refractivity contribution < 1.29 is 13.2 Å². The average Bonchev–Trinajstić information content (AvgIpc) is 2.25. The Bertz CT molecular complexity index is 475. The Balaban J connectivity index is 3.16. The van der Waals surface area contributed by atoms with E-state index in [4.69, 9.17) is 11.1 Å². The molecule has 1 rings (SSSR count). The number of pyridine rings is 1. The SMILES string of the molecule is CC(CC(=N)N)N(C)c1ncc(Br)cc1C(F)(F)F. The van der Waals surface area contributed by atoms with Crippen LogP contribution in [0.5, 0.6) is 0 Å². The van der Waals surface area contributed by atoms with Gasteiger partial charge in [-0.05, 0) is 28.9 Å². The summed E-state index contributed by atoms with van der Waals surface area (Å²) in [5.41, 5.74) is 4.44. The first kappa shape index (κ1) is 15.7. The van der Waals surface area contributed by atoms with Gasteiger partial charge >= 0.3 is 6.18 Å². The predicted octanol–water partition coefficient (Wildman–Crippen LogP) is 3.01.